The number of hydrogen-bond donors (Lipinski definition) is 4. The smallest absolute Gasteiger partial charge is 0.251 e. The summed E-state index contributed by atoms with van der Waals surface area (Å²) in [6.07, 6.45) is 1.10. The van der Waals surface area contributed by atoms with Gasteiger partial charge in [-0.25, -0.2) is 10.8 Å². The fourth-order valence-corrected chi connectivity index (χ4v) is 2.00. The lowest BCUT2D eigenvalue weighted by atomic mass is 10.1. The average molecular weight is 263 g/mol. The zero-order valence-electron chi connectivity index (χ0n) is 10.7. The first-order valence-electron chi connectivity index (χ1n) is 6.11. The van der Waals surface area contributed by atoms with E-state index in [0.717, 1.165) is 0 Å². The lowest BCUT2D eigenvalue weighted by Gasteiger charge is -2.23. The minimum absolute atomic E-state index is 0.0277. The molecule has 0 saturated carbocycles. The van der Waals surface area contributed by atoms with Crippen molar-refractivity contribution >= 4 is 17.6 Å². The largest absolute Gasteiger partial charge is 0.354 e. The summed E-state index contributed by atoms with van der Waals surface area (Å²) in [6, 6.07) is 3.24. The van der Waals surface area contributed by atoms with Crippen LogP contribution in [0, 0.1) is 6.92 Å². The van der Waals surface area contributed by atoms with Gasteiger partial charge in [0.05, 0.1) is 0 Å². The van der Waals surface area contributed by atoms with E-state index >= 15 is 0 Å². The SMILES string of the molecule is Cc1cc(C(=O)NC2CCC(=O)NC2)cc(NN)n1. The molecule has 1 atom stereocenters. The Balaban J connectivity index is 2.03. The van der Waals surface area contributed by atoms with Crippen LogP contribution in [-0.4, -0.2) is 29.4 Å². The number of carbonyl (C=O) groups is 2. The number of aryl methyl sites for hydroxylation is 1. The number of nitrogen functional groups attached to an aromatic ring is 1. The van der Waals surface area contributed by atoms with E-state index in [0.29, 0.717) is 36.5 Å². The van der Waals surface area contributed by atoms with E-state index < -0.39 is 0 Å². The zero-order chi connectivity index (χ0) is 13.8. The number of nitrogens with two attached hydrogens (primary N) is 1. The van der Waals surface area contributed by atoms with Gasteiger partial charge in [0.25, 0.3) is 5.91 Å². The third-order valence-corrected chi connectivity index (χ3v) is 2.96. The number of pyridine rings is 1. The van der Waals surface area contributed by atoms with Crippen molar-refractivity contribution in [2.75, 3.05) is 12.0 Å². The maximum Gasteiger partial charge on any atom is 0.251 e. The highest BCUT2D eigenvalue weighted by atomic mass is 16.2. The molecule has 1 aromatic rings. The second-order valence-corrected chi connectivity index (χ2v) is 4.54. The fourth-order valence-electron chi connectivity index (χ4n) is 2.00. The van der Waals surface area contributed by atoms with E-state index in [2.05, 4.69) is 21.0 Å². The minimum atomic E-state index is -0.192. The highest BCUT2D eigenvalue weighted by molar-refractivity contribution is 5.95. The number of hydrogen-bond acceptors (Lipinski definition) is 5. The van der Waals surface area contributed by atoms with Gasteiger partial charge in [0.15, 0.2) is 0 Å². The van der Waals surface area contributed by atoms with Crippen molar-refractivity contribution in [2.24, 2.45) is 5.84 Å². The van der Waals surface area contributed by atoms with Crippen molar-refractivity contribution < 1.29 is 9.59 Å². The van der Waals surface area contributed by atoms with Crippen molar-refractivity contribution in [3.8, 4) is 0 Å². The maximum atomic E-state index is 12.1. The Morgan fingerprint density at radius 2 is 2.32 bits per heavy atom. The summed E-state index contributed by atoms with van der Waals surface area (Å²) in [5.41, 5.74) is 3.63. The Bertz CT molecular complexity index is 493. The molecule has 7 nitrogen and oxygen atoms in total. The lowest BCUT2D eigenvalue weighted by molar-refractivity contribution is -0.122. The van der Waals surface area contributed by atoms with Crippen LogP contribution in [0.3, 0.4) is 0 Å². The fraction of sp³-hybridized carbons (Fsp3) is 0.417. The number of amides is 2. The van der Waals surface area contributed by atoms with E-state index in [1.807, 2.05) is 0 Å². The zero-order valence-corrected chi connectivity index (χ0v) is 10.7. The highest BCUT2D eigenvalue weighted by Crippen LogP contribution is 2.10. The molecule has 7 heteroatoms. The molecular formula is C12H17N5O2. The first kappa shape index (κ1) is 13.3. The van der Waals surface area contributed by atoms with Crippen LogP contribution in [0.15, 0.2) is 12.1 Å². The van der Waals surface area contributed by atoms with Gasteiger partial charge in [0, 0.05) is 30.3 Å². The van der Waals surface area contributed by atoms with Crippen LogP contribution < -0.4 is 21.9 Å². The molecule has 2 rings (SSSR count). The van der Waals surface area contributed by atoms with Crippen molar-refractivity contribution in [3.05, 3.63) is 23.4 Å². The first-order chi connectivity index (χ1) is 9.08. The molecule has 19 heavy (non-hydrogen) atoms. The van der Waals surface area contributed by atoms with Crippen molar-refractivity contribution in [1.82, 2.24) is 15.6 Å². The Morgan fingerprint density at radius 3 is 2.95 bits per heavy atom. The van der Waals surface area contributed by atoms with Crippen LogP contribution in [0.2, 0.25) is 0 Å². The maximum absolute atomic E-state index is 12.1. The van der Waals surface area contributed by atoms with E-state index in [9.17, 15) is 9.59 Å². The second-order valence-electron chi connectivity index (χ2n) is 4.54. The van der Waals surface area contributed by atoms with Crippen LogP contribution in [0.1, 0.15) is 28.9 Å². The third kappa shape index (κ3) is 3.41. The molecule has 1 fully saturated rings. The summed E-state index contributed by atoms with van der Waals surface area (Å²) < 4.78 is 0. The van der Waals surface area contributed by atoms with Gasteiger partial charge in [-0.3, -0.25) is 9.59 Å². The molecule has 1 unspecified atom stereocenters. The van der Waals surface area contributed by atoms with Gasteiger partial charge >= 0.3 is 0 Å². The molecule has 0 bridgehead atoms. The molecule has 1 aromatic heterocycles. The van der Waals surface area contributed by atoms with Gasteiger partial charge < -0.3 is 16.1 Å². The number of aromatic nitrogens is 1. The van der Waals surface area contributed by atoms with Gasteiger partial charge in [-0.2, -0.15) is 0 Å². The predicted octanol–water partition coefficient (Wildman–Crippen LogP) is -0.316. The molecule has 1 aliphatic heterocycles. The summed E-state index contributed by atoms with van der Waals surface area (Å²) in [5.74, 6) is 5.58. The van der Waals surface area contributed by atoms with Crippen LogP contribution >= 0.6 is 0 Å². The normalized spacial score (nSPS) is 18.6. The highest BCUT2D eigenvalue weighted by Gasteiger charge is 2.20. The van der Waals surface area contributed by atoms with E-state index in [-0.39, 0.29) is 17.9 Å². The molecule has 0 aromatic carbocycles. The van der Waals surface area contributed by atoms with Gasteiger partial charge in [-0.15, -0.1) is 0 Å². The topological polar surface area (TPSA) is 109 Å². The van der Waals surface area contributed by atoms with Crippen LogP contribution in [0.25, 0.3) is 0 Å². The second kappa shape index (κ2) is 5.66. The number of carbonyl (C=O) groups excluding carboxylic acids is 2. The summed E-state index contributed by atoms with van der Waals surface area (Å²) in [5, 5.41) is 5.61. The number of hydrazine groups is 1. The molecule has 2 heterocycles. The Labute approximate surface area is 110 Å². The van der Waals surface area contributed by atoms with E-state index in [4.69, 9.17) is 5.84 Å². The Kier molecular flexibility index (Phi) is 3.96. The molecule has 0 spiro atoms. The van der Waals surface area contributed by atoms with Crippen molar-refractivity contribution in [1.29, 1.82) is 0 Å². The summed E-state index contributed by atoms with van der Waals surface area (Å²) >= 11 is 0. The quantitative estimate of drug-likeness (QED) is 0.441. The molecule has 1 aliphatic rings. The summed E-state index contributed by atoms with van der Waals surface area (Å²) in [6.45, 7) is 2.26. The molecule has 0 aliphatic carbocycles. The summed E-state index contributed by atoms with van der Waals surface area (Å²) in [4.78, 5) is 27.3. The molecule has 1 saturated heterocycles. The molecular weight excluding hydrogens is 246 g/mol. The van der Waals surface area contributed by atoms with Crippen LogP contribution in [0.4, 0.5) is 5.82 Å². The van der Waals surface area contributed by atoms with Gasteiger partial charge in [-0.1, -0.05) is 0 Å². The van der Waals surface area contributed by atoms with Crippen LogP contribution in [-0.2, 0) is 4.79 Å². The number of nitrogens with one attached hydrogen (secondary N) is 3. The van der Waals surface area contributed by atoms with Crippen molar-refractivity contribution in [3.63, 3.8) is 0 Å². The standard InChI is InChI=1S/C12H17N5O2/c1-7-4-8(5-10(15-7)17-13)12(19)16-9-2-3-11(18)14-6-9/h4-5,9H,2-3,6,13H2,1H3,(H,14,18)(H,15,17)(H,16,19). The van der Waals surface area contributed by atoms with Gasteiger partial charge in [0.2, 0.25) is 5.91 Å². The van der Waals surface area contributed by atoms with Crippen molar-refractivity contribution in [2.45, 2.75) is 25.8 Å². The van der Waals surface area contributed by atoms with E-state index in [1.54, 1.807) is 19.1 Å². The van der Waals surface area contributed by atoms with Gasteiger partial charge in [-0.05, 0) is 25.5 Å². The van der Waals surface area contributed by atoms with Gasteiger partial charge in [0.1, 0.15) is 5.82 Å². The predicted molar refractivity (Wildman–Crippen MR) is 70.3 cm³/mol. The van der Waals surface area contributed by atoms with E-state index in [1.165, 1.54) is 0 Å². The lowest BCUT2D eigenvalue weighted by Crippen LogP contribution is -2.47. The number of piperidine rings is 1. The monoisotopic (exact) mass is 263 g/mol. The molecule has 2 amide bonds. The average Bonchev–Trinajstić information content (AvgIpc) is 2.40. The van der Waals surface area contributed by atoms with Crippen LogP contribution in [0.5, 0.6) is 0 Å². The first-order valence-corrected chi connectivity index (χ1v) is 6.11. The minimum Gasteiger partial charge on any atom is -0.354 e. The number of anilines is 1. The number of rotatable bonds is 3. The Hall–Kier alpha value is -2.15. The Morgan fingerprint density at radius 1 is 1.53 bits per heavy atom. The summed E-state index contributed by atoms with van der Waals surface area (Å²) in [7, 11) is 0. The number of nitrogens with zero attached hydrogens (tertiary/aromatic N) is 1. The molecule has 5 N–H and O–H groups in total. The molecule has 102 valence electrons. The molecule has 0 radical (unpaired) electrons. The third-order valence-electron chi connectivity index (χ3n) is 2.96.